The molecule has 0 bridgehead atoms. The van der Waals surface area contributed by atoms with Gasteiger partial charge in [-0.25, -0.2) is 23.4 Å². The Kier molecular flexibility index (Phi) is 15.2. The van der Waals surface area contributed by atoms with E-state index in [2.05, 4.69) is 22.1 Å². The third-order valence-electron chi connectivity index (χ3n) is 9.52. The predicted molar refractivity (Wildman–Crippen MR) is 228 cm³/mol. The molecular formula is C48H46F3N3O5. The van der Waals surface area contributed by atoms with Crippen molar-refractivity contribution in [2.45, 2.75) is 44.7 Å². The number of fused-ring (bicyclic) bond motifs is 1. The molecule has 59 heavy (non-hydrogen) atoms. The van der Waals surface area contributed by atoms with Gasteiger partial charge in [-0.15, -0.1) is 0 Å². The third kappa shape index (κ3) is 12.0. The van der Waals surface area contributed by atoms with Gasteiger partial charge in [-0.3, -0.25) is 0 Å². The van der Waals surface area contributed by atoms with Crippen LogP contribution in [-0.2, 0) is 14.3 Å². The number of halogens is 3. The molecule has 0 spiro atoms. The number of oxazole rings is 1. The number of aromatic nitrogens is 1. The Morgan fingerprint density at radius 1 is 0.831 bits per heavy atom. The van der Waals surface area contributed by atoms with E-state index >= 15 is 8.78 Å². The summed E-state index contributed by atoms with van der Waals surface area (Å²) in [7, 11) is 1.67. The number of ether oxygens (including phenoxy) is 3. The molecule has 8 nitrogen and oxygen atoms in total. The van der Waals surface area contributed by atoms with Gasteiger partial charge in [0.15, 0.2) is 5.58 Å². The molecular weight excluding hydrogens is 756 g/mol. The lowest BCUT2D eigenvalue weighted by molar-refractivity contribution is -0.137. The number of benzene rings is 5. The average Bonchev–Trinajstić information content (AvgIpc) is 3.67. The lowest BCUT2D eigenvalue weighted by Crippen LogP contribution is -2.06. The van der Waals surface area contributed by atoms with Gasteiger partial charge in [0.1, 0.15) is 29.1 Å². The maximum Gasteiger partial charge on any atom is 0.330 e. The van der Waals surface area contributed by atoms with E-state index in [1.54, 1.807) is 49.7 Å². The molecule has 0 saturated carbocycles. The molecule has 1 N–H and O–H groups in total. The second kappa shape index (κ2) is 21.3. The van der Waals surface area contributed by atoms with Gasteiger partial charge >= 0.3 is 12.0 Å². The first kappa shape index (κ1) is 42.2. The molecule has 1 aromatic heterocycles. The quantitative estimate of drug-likeness (QED) is 0.0193. The van der Waals surface area contributed by atoms with Gasteiger partial charge in [0.05, 0.1) is 25.0 Å². The molecule has 0 amide bonds. The van der Waals surface area contributed by atoms with E-state index < -0.39 is 23.8 Å². The number of unbranched alkanes of at least 4 members (excludes halogenated alkanes) is 3. The van der Waals surface area contributed by atoms with Crippen molar-refractivity contribution < 1.29 is 36.6 Å². The van der Waals surface area contributed by atoms with E-state index in [-0.39, 0.29) is 18.2 Å². The zero-order valence-electron chi connectivity index (χ0n) is 32.8. The van der Waals surface area contributed by atoms with Crippen molar-refractivity contribution in [1.29, 1.82) is 0 Å². The predicted octanol–water partition coefficient (Wildman–Crippen LogP) is 12.2. The van der Waals surface area contributed by atoms with Gasteiger partial charge in [0.25, 0.3) is 0 Å². The maximum atomic E-state index is 15.9. The van der Waals surface area contributed by atoms with Crippen molar-refractivity contribution in [2.75, 3.05) is 32.4 Å². The van der Waals surface area contributed by atoms with Crippen LogP contribution < -0.4 is 10.2 Å². The van der Waals surface area contributed by atoms with E-state index in [4.69, 9.17) is 18.6 Å². The molecule has 1 unspecified atom stereocenters. The summed E-state index contributed by atoms with van der Waals surface area (Å²) in [5.74, 6) is -1.29. The van der Waals surface area contributed by atoms with Crippen LogP contribution in [0.5, 0.6) is 5.75 Å². The van der Waals surface area contributed by atoms with Crippen molar-refractivity contribution in [3.8, 4) is 28.0 Å². The lowest BCUT2D eigenvalue weighted by atomic mass is 9.94. The van der Waals surface area contributed by atoms with Crippen LogP contribution in [-0.4, -0.2) is 44.1 Å². The molecule has 0 aliphatic rings. The highest BCUT2D eigenvalue weighted by atomic mass is 19.1. The molecule has 1 atom stereocenters. The number of anilines is 1. The van der Waals surface area contributed by atoms with Crippen LogP contribution >= 0.6 is 0 Å². The molecule has 1 heterocycles. The van der Waals surface area contributed by atoms with Gasteiger partial charge in [-0.2, -0.15) is 10.1 Å². The summed E-state index contributed by atoms with van der Waals surface area (Å²) in [5.41, 5.74) is 7.83. The summed E-state index contributed by atoms with van der Waals surface area (Å²) < 4.78 is 68.2. The summed E-state index contributed by atoms with van der Waals surface area (Å²) in [6.45, 7) is 4.70. The topological polar surface area (TPSA) is 95.2 Å². The first-order valence-electron chi connectivity index (χ1n) is 19.5. The number of esters is 1. The van der Waals surface area contributed by atoms with E-state index in [9.17, 15) is 9.18 Å². The smallest absolute Gasteiger partial charge is 0.330 e. The summed E-state index contributed by atoms with van der Waals surface area (Å²) >= 11 is 0. The number of carbonyl (C=O) groups is 1. The average molecular weight is 802 g/mol. The van der Waals surface area contributed by atoms with Gasteiger partial charge in [0.2, 0.25) is 0 Å². The highest BCUT2D eigenvalue weighted by Crippen LogP contribution is 2.34. The van der Waals surface area contributed by atoms with Gasteiger partial charge in [-0.05, 0) is 88.7 Å². The first-order chi connectivity index (χ1) is 28.8. The van der Waals surface area contributed by atoms with Crippen molar-refractivity contribution in [3.63, 3.8) is 0 Å². The molecule has 0 saturated heterocycles. The molecule has 0 radical (unpaired) electrons. The number of hydrogen-bond acceptors (Lipinski definition) is 8. The number of para-hydroxylation sites is 2. The molecule has 304 valence electrons. The second-order valence-electron chi connectivity index (χ2n) is 13.8. The number of methoxy groups -OCH3 is 1. The molecule has 6 aromatic rings. The van der Waals surface area contributed by atoms with Crippen LogP contribution in [0.2, 0.25) is 0 Å². The largest absolute Gasteiger partial charge is 0.493 e. The van der Waals surface area contributed by atoms with Crippen LogP contribution in [0.15, 0.2) is 125 Å². The Labute approximate surface area is 342 Å². The van der Waals surface area contributed by atoms with Crippen LogP contribution in [0.1, 0.15) is 67.0 Å². The number of carbonyl (C=O) groups excluding carboxylic acids is 1. The minimum Gasteiger partial charge on any atom is -0.493 e. The maximum absolute atomic E-state index is 15.9. The van der Waals surface area contributed by atoms with Crippen LogP contribution in [0.3, 0.4) is 0 Å². The molecule has 11 heteroatoms. The minimum absolute atomic E-state index is 0.188. The fourth-order valence-electron chi connectivity index (χ4n) is 6.43. The Morgan fingerprint density at radius 3 is 2.31 bits per heavy atom. The summed E-state index contributed by atoms with van der Waals surface area (Å²) in [4.78, 5) is 15.6. The fraction of sp³-hybridized carbons (Fsp3) is 0.229. The van der Waals surface area contributed by atoms with Crippen molar-refractivity contribution >= 4 is 41.5 Å². The normalized spacial score (nSPS) is 12.0. The van der Waals surface area contributed by atoms with Gasteiger partial charge in [0, 0.05) is 31.8 Å². The fourth-order valence-corrected chi connectivity index (χ4v) is 6.43. The Hall–Kier alpha value is -6.46. The number of alkyl halides is 1. The summed E-state index contributed by atoms with van der Waals surface area (Å²) in [6, 6.07) is 29.4. The SMILES string of the molecule is C=CC(=O)OCCCOc1ccc(/C=C/c2ccc(-c3cc(F)c(-c4ccc(C(F)CCCCCCOC)cc4)c(F)c3)c(/C=N/Nc3nc4ccccc4o3)c2)cc1. The van der Waals surface area contributed by atoms with Gasteiger partial charge in [-0.1, -0.05) is 98.7 Å². The monoisotopic (exact) mass is 801 g/mol. The van der Waals surface area contributed by atoms with E-state index in [1.807, 2.05) is 66.7 Å². The van der Waals surface area contributed by atoms with Crippen LogP contribution in [0, 0.1) is 11.6 Å². The Morgan fingerprint density at radius 2 is 1.56 bits per heavy atom. The molecule has 5 aromatic carbocycles. The van der Waals surface area contributed by atoms with Crippen molar-refractivity contribution in [1.82, 2.24) is 4.98 Å². The number of nitrogens with one attached hydrogen (secondary N) is 1. The first-order valence-corrected chi connectivity index (χ1v) is 19.5. The molecule has 0 aliphatic carbocycles. The van der Waals surface area contributed by atoms with E-state index in [1.165, 1.54) is 12.1 Å². The van der Waals surface area contributed by atoms with Gasteiger partial charge < -0.3 is 18.6 Å². The molecule has 6 rings (SSSR count). The standard InChI is InChI=1S/C48H46F3N3O5/c1-3-46(55)58-28-10-27-57-39-23-16-33(17-24-39)14-15-34-18-25-40(38(29-34)32-52-54-48-53-44-12-7-8-13-45(44)59-48)37-30-42(50)47(43(51)31-37)36-21-19-35(20-22-36)41(49)11-6-4-5-9-26-56-2/h3,7-8,12-25,29-32,41H,1,4-6,9-11,26-28H2,2H3,(H,53,54)/b15-14+,52-32+. The number of hydrazone groups is 1. The van der Waals surface area contributed by atoms with Crippen LogP contribution in [0.25, 0.3) is 45.5 Å². The highest BCUT2D eigenvalue weighted by Gasteiger charge is 2.17. The summed E-state index contributed by atoms with van der Waals surface area (Å²) in [6.07, 6.45) is 9.88. The van der Waals surface area contributed by atoms with Crippen molar-refractivity contribution in [3.05, 3.63) is 150 Å². The summed E-state index contributed by atoms with van der Waals surface area (Å²) in [5, 5.41) is 4.36. The lowest BCUT2D eigenvalue weighted by Gasteiger charge is -2.13. The number of hydrogen-bond donors (Lipinski definition) is 1. The zero-order valence-corrected chi connectivity index (χ0v) is 32.8. The third-order valence-corrected chi connectivity index (χ3v) is 9.52. The highest BCUT2D eigenvalue weighted by molar-refractivity contribution is 5.92. The van der Waals surface area contributed by atoms with Crippen LogP contribution in [0.4, 0.5) is 19.2 Å². The molecule has 0 fully saturated rings. The van der Waals surface area contributed by atoms with E-state index in [0.717, 1.165) is 42.9 Å². The number of nitrogens with zero attached hydrogens (tertiary/aromatic N) is 2. The van der Waals surface area contributed by atoms with E-state index in [0.29, 0.717) is 70.7 Å². The second-order valence-corrected chi connectivity index (χ2v) is 13.8. The zero-order chi connectivity index (χ0) is 41.4. The number of rotatable bonds is 21. The Bertz CT molecular complexity index is 2320. The van der Waals surface area contributed by atoms with Crippen molar-refractivity contribution in [2.24, 2.45) is 5.10 Å². The Balaban J connectivity index is 1.18. The molecule has 0 aliphatic heterocycles. The minimum atomic E-state index is -1.15.